The van der Waals surface area contributed by atoms with E-state index in [1.165, 1.54) is 11.9 Å². The van der Waals surface area contributed by atoms with E-state index in [1.54, 1.807) is 18.0 Å². The predicted molar refractivity (Wildman–Crippen MR) is 102 cm³/mol. The highest BCUT2D eigenvalue weighted by Gasteiger charge is 2.42. The molecule has 4 atom stereocenters. The molecule has 0 amide bonds. The molecule has 136 valence electrons. The number of anilines is 1. The lowest BCUT2D eigenvalue weighted by molar-refractivity contribution is 0.0308. The molecule has 1 aromatic carbocycles. The maximum Gasteiger partial charge on any atom is 0.151 e. The number of aromatic nitrogens is 3. The predicted octanol–water partition coefficient (Wildman–Crippen LogP) is 1.38. The second kappa shape index (κ2) is 6.88. The molecule has 0 spiro atoms. The van der Waals surface area contributed by atoms with Gasteiger partial charge in [0.05, 0.1) is 17.7 Å². The molecule has 0 bridgehead atoms. The Morgan fingerprint density at radius 3 is 2.88 bits per heavy atom. The Hall–Kier alpha value is -2.13. The first-order valence-electron chi connectivity index (χ1n) is 8.43. The average Bonchev–Trinajstić information content (AvgIpc) is 3.17. The Bertz CT molecular complexity index is 931. The summed E-state index contributed by atoms with van der Waals surface area (Å²) in [6, 6.07) is 7.58. The smallest absolute Gasteiger partial charge is 0.151 e. The van der Waals surface area contributed by atoms with E-state index in [1.807, 2.05) is 12.1 Å². The van der Waals surface area contributed by atoms with Crippen LogP contribution in [0.1, 0.15) is 17.2 Å². The number of nitrogens with one attached hydrogen (secondary N) is 2. The van der Waals surface area contributed by atoms with Gasteiger partial charge in [0.25, 0.3) is 0 Å². The summed E-state index contributed by atoms with van der Waals surface area (Å²) in [5.41, 5.74) is 9.15. The van der Waals surface area contributed by atoms with E-state index in [0.29, 0.717) is 22.6 Å². The van der Waals surface area contributed by atoms with Crippen LogP contribution in [0.3, 0.4) is 0 Å². The number of rotatable bonds is 4. The Labute approximate surface area is 155 Å². The molecule has 2 unspecified atom stereocenters. The van der Waals surface area contributed by atoms with Gasteiger partial charge in [0.2, 0.25) is 0 Å². The third kappa shape index (κ3) is 3.05. The minimum absolute atomic E-state index is 0.232. The van der Waals surface area contributed by atoms with Crippen LogP contribution in [0.2, 0.25) is 0 Å². The van der Waals surface area contributed by atoms with Gasteiger partial charge < -0.3 is 26.2 Å². The van der Waals surface area contributed by atoms with Gasteiger partial charge in [0, 0.05) is 28.5 Å². The number of nitrogens with zero attached hydrogens (tertiary/aromatic N) is 2. The zero-order valence-electron chi connectivity index (χ0n) is 14.3. The van der Waals surface area contributed by atoms with E-state index in [9.17, 15) is 10.2 Å². The number of hydrogen-bond donors (Lipinski definition) is 5. The number of aliphatic hydroxyl groups is 2. The molecule has 1 saturated heterocycles. The van der Waals surface area contributed by atoms with Gasteiger partial charge in [0.15, 0.2) is 5.82 Å². The first kappa shape index (κ1) is 17.3. The number of aromatic amines is 1. The first-order chi connectivity index (χ1) is 12.5. The molecule has 0 aliphatic carbocycles. The van der Waals surface area contributed by atoms with Gasteiger partial charge in [0.1, 0.15) is 17.9 Å². The monoisotopic (exact) mass is 371 g/mol. The quantitative estimate of drug-likeness (QED) is 0.439. The van der Waals surface area contributed by atoms with E-state index in [2.05, 4.69) is 39.3 Å². The van der Waals surface area contributed by atoms with E-state index in [-0.39, 0.29) is 6.04 Å². The fourth-order valence-electron chi connectivity index (χ4n) is 3.39. The van der Waals surface area contributed by atoms with Crippen molar-refractivity contribution in [2.45, 2.75) is 36.1 Å². The second-order valence-corrected chi connectivity index (χ2v) is 7.68. The summed E-state index contributed by atoms with van der Waals surface area (Å²) >= 11 is 1.66. The van der Waals surface area contributed by atoms with Crippen molar-refractivity contribution in [2.24, 2.45) is 0 Å². The van der Waals surface area contributed by atoms with E-state index in [4.69, 9.17) is 5.73 Å². The molecule has 3 heterocycles. The number of benzene rings is 1. The zero-order valence-corrected chi connectivity index (χ0v) is 15.1. The Balaban J connectivity index is 1.53. The first-order valence-corrected chi connectivity index (χ1v) is 9.42. The molecule has 6 N–H and O–H groups in total. The highest BCUT2D eigenvalue weighted by Crippen LogP contribution is 2.34. The van der Waals surface area contributed by atoms with Crippen molar-refractivity contribution in [2.75, 3.05) is 11.5 Å². The van der Waals surface area contributed by atoms with Crippen molar-refractivity contribution in [1.82, 2.24) is 20.3 Å². The number of nitrogens with two attached hydrogens (primary N) is 1. The number of aliphatic hydroxyl groups excluding tert-OH is 2. The minimum Gasteiger partial charge on any atom is -0.389 e. The summed E-state index contributed by atoms with van der Waals surface area (Å²) in [5, 5.41) is 24.4. The number of thioether (sulfide) groups is 1. The van der Waals surface area contributed by atoms with Gasteiger partial charge in [-0.25, -0.2) is 9.97 Å². The molecule has 4 rings (SSSR count). The fourth-order valence-corrected chi connectivity index (χ4v) is 4.50. The highest BCUT2D eigenvalue weighted by molar-refractivity contribution is 7.99. The normalized spacial score (nSPS) is 25.8. The summed E-state index contributed by atoms with van der Waals surface area (Å²) in [5.74, 6) is 1.01. The summed E-state index contributed by atoms with van der Waals surface area (Å²) in [6.45, 7) is 2.05. The average molecular weight is 371 g/mol. The summed E-state index contributed by atoms with van der Waals surface area (Å²) in [4.78, 5) is 12.4. The lowest BCUT2D eigenvalue weighted by Gasteiger charge is -2.15. The van der Waals surface area contributed by atoms with Crippen LogP contribution in [0.25, 0.3) is 11.0 Å². The standard InChI is InChI=1S/C18H21N5O2S/c1-9-3-2-4-10(5-9)26-7-12-16(24)17(25)14(23-12)11-6-20-15-13(11)21-8-22-18(15)19/h2-6,8,12,14,16-17,20,23-25H,7H2,1H3,(H2,19,21,22)/t12-,14?,16+,17?/m1/s1. The molecular weight excluding hydrogens is 350 g/mol. The summed E-state index contributed by atoms with van der Waals surface area (Å²) in [7, 11) is 0. The van der Waals surface area contributed by atoms with E-state index >= 15 is 0 Å². The SMILES string of the molecule is Cc1cccc(SC[C@H]2NC(c3c[nH]c4c(N)ncnc34)C(O)[C@H]2O)c1. The Kier molecular flexibility index (Phi) is 4.58. The van der Waals surface area contributed by atoms with Crippen LogP contribution in [0, 0.1) is 6.92 Å². The lowest BCUT2D eigenvalue weighted by atomic mass is 10.0. The Morgan fingerprint density at radius 1 is 1.23 bits per heavy atom. The highest BCUT2D eigenvalue weighted by atomic mass is 32.2. The van der Waals surface area contributed by atoms with Crippen LogP contribution in [0.4, 0.5) is 5.82 Å². The van der Waals surface area contributed by atoms with Gasteiger partial charge in [-0.1, -0.05) is 17.7 Å². The van der Waals surface area contributed by atoms with Crippen LogP contribution >= 0.6 is 11.8 Å². The third-order valence-electron chi connectivity index (χ3n) is 4.77. The van der Waals surface area contributed by atoms with Crippen molar-refractivity contribution in [1.29, 1.82) is 0 Å². The van der Waals surface area contributed by atoms with Crippen LogP contribution in [-0.4, -0.2) is 49.2 Å². The molecular formula is C18H21N5O2S. The lowest BCUT2D eigenvalue weighted by Crippen LogP contribution is -2.35. The molecule has 8 heteroatoms. The molecule has 0 saturated carbocycles. The topological polar surface area (TPSA) is 120 Å². The molecule has 1 aliphatic heterocycles. The molecule has 2 aromatic heterocycles. The van der Waals surface area contributed by atoms with Gasteiger partial charge in [-0.15, -0.1) is 11.8 Å². The van der Waals surface area contributed by atoms with Crippen molar-refractivity contribution < 1.29 is 10.2 Å². The number of aryl methyl sites for hydroxylation is 1. The summed E-state index contributed by atoms with van der Waals surface area (Å²) in [6.07, 6.45) is 1.38. The molecule has 1 aliphatic rings. The minimum atomic E-state index is -0.923. The van der Waals surface area contributed by atoms with Crippen molar-refractivity contribution in [3.8, 4) is 0 Å². The van der Waals surface area contributed by atoms with Gasteiger partial charge in [-0.3, -0.25) is 0 Å². The van der Waals surface area contributed by atoms with Crippen LogP contribution in [0.5, 0.6) is 0 Å². The maximum atomic E-state index is 10.6. The Morgan fingerprint density at radius 2 is 2.08 bits per heavy atom. The molecule has 1 fully saturated rings. The van der Waals surface area contributed by atoms with Crippen molar-refractivity contribution >= 4 is 28.6 Å². The van der Waals surface area contributed by atoms with Crippen LogP contribution in [0.15, 0.2) is 41.7 Å². The van der Waals surface area contributed by atoms with Gasteiger partial charge in [-0.2, -0.15) is 0 Å². The van der Waals surface area contributed by atoms with Crippen LogP contribution in [-0.2, 0) is 0 Å². The fraction of sp³-hybridized carbons (Fsp3) is 0.333. The van der Waals surface area contributed by atoms with Crippen LogP contribution < -0.4 is 11.1 Å². The molecule has 7 nitrogen and oxygen atoms in total. The summed E-state index contributed by atoms with van der Waals surface area (Å²) < 4.78 is 0. The molecule has 3 aromatic rings. The zero-order chi connectivity index (χ0) is 18.3. The second-order valence-electron chi connectivity index (χ2n) is 6.59. The number of nitrogen functional groups attached to an aromatic ring is 1. The maximum absolute atomic E-state index is 10.6. The number of H-pyrrole nitrogens is 1. The molecule has 0 radical (unpaired) electrons. The largest absolute Gasteiger partial charge is 0.389 e. The molecule has 26 heavy (non-hydrogen) atoms. The van der Waals surface area contributed by atoms with Gasteiger partial charge >= 0.3 is 0 Å². The van der Waals surface area contributed by atoms with E-state index in [0.717, 1.165) is 10.5 Å². The van der Waals surface area contributed by atoms with Crippen molar-refractivity contribution in [3.05, 3.63) is 47.9 Å². The van der Waals surface area contributed by atoms with Crippen molar-refractivity contribution in [3.63, 3.8) is 0 Å². The number of fused-ring (bicyclic) bond motifs is 1. The number of hydrogen-bond acceptors (Lipinski definition) is 7. The third-order valence-corrected chi connectivity index (χ3v) is 5.89. The van der Waals surface area contributed by atoms with E-state index < -0.39 is 18.2 Å². The van der Waals surface area contributed by atoms with Gasteiger partial charge in [-0.05, 0) is 19.1 Å².